The quantitative estimate of drug-likeness (QED) is 0.811. The number of hydrogen-bond acceptors (Lipinski definition) is 1. The lowest BCUT2D eigenvalue weighted by molar-refractivity contribution is 0.494. The van der Waals surface area contributed by atoms with Crippen molar-refractivity contribution in [3.63, 3.8) is 0 Å². The number of halogens is 2. The molecule has 15 heavy (non-hydrogen) atoms. The van der Waals surface area contributed by atoms with E-state index in [2.05, 4.69) is 70.1 Å². The molecule has 0 aromatic heterocycles. The van der Waals surface area contributed by atoms with Gasteiger partial charge in [0.05, 0.1) is 0 Å². The van der Waals surface area contributed by atoms with Gasteiger partial charge in [0.15, 0.2) is 0 Å². The van der Waals surface area contributed by atoms with Gasteiger partial charge in [0.25, 0.3) is 0 Å². The molecule has 0 saturated heterocycles. The van der Waals surface area contributed by atoms with E-state index in [0.717, 1.165) is 14.6 Å². The van der Waals surface area contributed by atoms with Gasteiger partial charge in [-0.2, -0.15) is 0 Å². The van der Waals surface area contributed by atoms with Crippen molar-refractivity contribution in [2.45, 2.75) is 33.2 Å². The van der Waals surface area contributed by atoms with Gasteiger partial charge in [-0.1, -0.05) is 36.2 Å². The first-order valence-corrected chi connectivity index (χ1v) is 6.84. The Morgan fingerprint density at radius 1 is 1.27 bits per heavy atom. The van der Waals surface area contributed by atoms with Gasteiger partial charge in [-0.15, -0.1) is 0 Å². The Labute approximate surface area is 109 Å². The van der Waals surface area contributed by atoms with Crippen LogP contribution in [0.4, 0.5) is 5.69 Å². The molecule has 0 saturated carbocycles. The third-order valence-electron chi connectivity index (χ3n) is 2.81. The summed E-state index contributed by atoms with van der Waals surface area (Å²) in [5, 5.41) is 3.52. The van der Waals surface area contributed by atoms with Crippen LogP contribution in [0, 0.1) is 5.92 Å². The van der Waals surface area contributed by atoms with Crippen LogP contribution in [-0.2, 0) is 0 Å². The first kappa shape index (κ1) is 13.0. The van der Waals surface area contributed by atoms with Gasteiger partial charge in [-0.3, -0.25) is 0 Å². The zero-order valence-corrected chi connectivity index (χ0v) is 12.5. The highest BCUT2D eigenvalue weighted by Crippen LogP contribution is 2.27. The van der Waals surface area contributed by atoms with Crippen molar-refractivity contribution >= 4 is 37.5 Å². The third-order valence-corrected chi connectivity index (χ3v) is 3.99. The average Bonchev–Trinajstić information content (AvgIpc) is 2.22. The molecule has 0 aliphatic heterocycles. The van der Waals surface area contributed by atoms with E-state index < -0.39 is 0 Å². The maximum Gasteiger partial charge on any atom is 0.0498 e. The van der Waals surface area contributed by atoms with Crippen molar-refractivity contribution < 1.29 is 0 Å². The highest BCUT2D eigenvalue weighted by molar-refractivity contribution is 9.11. The lowest BCUT2D eigenvalue weighted by atomic mass is 10.0. The third kappa shape index (κ3) is 3.80. The van der Waals surface area contributed by atoms with Gasteiger partial charge in [0.2, 0.25) is 0 Å². The summed E-state index contributed by atoms with van der Waals surface area (Å²) in [6, 6.07) is 6.67. The highest BCUT2D eigenvalue weighted by atomic mass is 79.9. The fraction of sp³-hybridized carbons (Fsp3) is 0.500. The Bertz CT molecular complexity index is 325. The Morgan fingerprint density at radius 2 is 1.93 bits per heavy atom. The zero-order chi connectivity index (χ0) is 11.4. The molecule has 0 fully saturated rings. The maximum atomic E-state index is 3.55. The van der Waals surface area contributed by atoms with Gasteiger partial charge in [0.1, 0.15) is 0 Å². The van der Waals surface area contributed by atoms with Gasteiger partial charge < -0.3 is 5.32 Å². The topological polar surface area (TPSA) is 12.0 Å². The van der Waals surface area contributed by atoms with Crippen molar-refractivity contribution in [3.05, 3.63) is 27.1 Å². The summed E-state index contributed by atoms with van der Waals surface area (Å²) in [5.74, 6) is 0.677. The molecule has 1 nitrogen and oxygen atoms in total. The maximum absolute atomic E-state index is 3.55. The van der Waals surface area contributed by atoms with Crippen LogP contribution in [0.3, 0.4) is 0 Å². The minimum absolute atomic E-state index is 0.487. The van der Waals surface area contributed by atoms with Gasteiger partial charge in [0, 0.05) is 20.7 Å². The number of benzene rings is 1. The average molecular weight is 335 g/mol. The van der Waals surface area contributed by atoms with Crippen LogP contribution in [0.25, 0.3) is 0 Å². The molecule has 0 bridgehead atoms. The molecular weight excluding hydrogens is 318 g/mol. The van der Waals surface area contributed by atoms with E-state index in [4.69, 9.17) is 0 Å². The van der Waals surface area contributed by atoms with Crippen LogP contribution in [0.2, 0.25) is 0 Å². The van der Waals surface area contributed by atoms with Crippen LogP contribution in [0.5, 0.6) is 0 Å². The van der Waals surface area contributed by atoms with Crippen LogP contribution in [-0.4, -0.2) is 6.04 Å². The van der Waals surface area contributed by atoms with Crippen molar-refractivity contribution in [1.29, 1.82) is 0 Å². The molecule has 1 aromatic rings. The molecule has 0 aliphatic carbocycles. The molecule has 0 radical (unpaired) electrons. The zero-order valence-electron chi connectivity index (χ0n) is 9.35. The smallest absolute Gasteiger partial charge is 0.0498 e. The van der Waals surface area contributed by atoms with E-state index in [1.165, 1.54) is 6.42 Å². The second-order valence-corrected chi connectivity index (χ2v) is 5.71. The molecule has 0 aliphatic rings. The summed E-state index contributed by atoms with van der Waals surface area (Å²) in [4.78, 5) is 0. The van der Waals surface area contributed by atoms with Crippen LogP contribution >= 0.6 is 31.9 Å². The first-order chi connectivity index (χ1) is 7.04. The van der Waals surface area contributed by atoms with E-state index in [9.17, 15) is 0 Å². The Kier molecular flexibility index (Phi) is 5.13. The largest absolute Gasteiger partial charge is 0.381 e. The summed E-state index contributed by atoms with van der Waals surface area (Å²) in [6.07, 6.45) is 1.19. The van der Waals surface area contributed by atoms with Crippen LogP contribution < -0.4 is 5.32 Å². The van der Waals surface area contributed by atoms with Crippen molar-refractivity contribution in [3.8, 4) is 0 Å². The Hall–Kier alpha value is -0.0200. The van der Waals surface area contributed by atoms with Crippen LogP contribution in [0.1, 0.15) is 27.2 Å². The molecule has 2 unspecified atom stereocenters. The molecule has 0 amide bonds. The predicted molar refractivity (Wildman–Crippen MR) is 74.4 cm³/mol. The van der Waals surface area contributed by atoms with E-state index in [1.807, 2.05) is 6.07 Å². The summed E-state index contributed by atoms with van der Waals surface area (Å²) >= 11 is 7.03. The minimum Gasteiger partial charge on any atom is -0.381 e. The highest BCUT2D eigenvalue weighted by Gasteiger charge is 2.11. The summed E-state index contributed by atoms with van der Waals surface area (Å²) < 4.78 is 2.21. The molecule has 1 rings (SSSR count). The normalized spacial score (nSPS) is 14.7. The Balaban J connectivity index is 2.75. The molecular formula is C12H17Br2N. The van der Waals surface area contributed by atoms with Gasteiger partial charge in [-0.05, 0) is 47.0 Å². The lowest BCUT2D eigenvalue weighted by Crippen LogP contribution is -2.23. The van der Waals surface area contributed by atoms with Crippen molar-refractivity contribution in [2.75, 3.05) is 5.32 Å². The van der Waals surface area contributed by atoms with Crippen molar-refractivity contribution in [2.24, 2.45) is 5.92 Å². The molecule has 1 aromatic carbocycles. The monoisotopic (exact) mass is 333 g/mol. The van der Waals surface area contributed by atoms with E-state index in [1.54, 1.807) is 0 Å². The van der Waals surface area contributed by atoms with Crippen molar-refractivity contribution in [1.82, 2.24) is 0 Å². The van der Waals surface area contributed by atoms with E-state index >= 15 is 0 Å². The molecule has 3 heteroatoms. The fourth-order valence-electron chi connectivity index (χ4n) is 1.35. The number of nitrogens with one attached hydrogen (secondary N) is 1. The second kappa shape index (κ2) is 5.90. The van der Waals surface area contributed by atoms with E-state index in [0.29, 0.717) is 12.0 Å². The van der Waals surface area contributed by atoms with Gasteiger partial charge >= 0.3 is 0 Å². The summed E-state index contributed by atoms with van der Waals surface area (Å²) in [7, 11) is 0. The SMILES string of the molecule is CCC(C)C(C)Nc1cc(Br)ccc1Br. The first-order valence-electron chi connectivity index (χ1n) is 5.26. The Morgan fingerprint density at radius 3 is 2.53 bits per heavy atom. The molecule has 0 heterocycles. The molecule has 2 atom stereocenters. The summed E-state index contributed by atoms with van der Waals surface area (Å²) in [6.45, 7) is 6.71. The van der Waals surface area contributed by atoms with Crippen LogP contribution in [0.15, 0.2) is 27.1 Å². The van der Waals surface area contributed by atoms with Gasteiger partial charge in [-0.25, -0.2) is 0 Å². The second-order valence-electron chi connectivity index (χ2n) is 3.94. The molecule has 84 valence electrons. The number of hydrogen-bond donors (Lipinski definition) is 1. The number of anilines is 1. The summed E-state index contributed by atoms with van der Waals surface area (Å²) in [5.41, 5.74) is 1.15. The number of rotatable bonds is 4. The predicted octanol–water partition coefficient (Wildman–Crippen LogP) is 5.06. The molecule has 1 N–H and O–H groups in total. The lowest BCUT2D eigenvalue weighted by Gasteiger charge is -2.22. The standard InChI is InChI=1S/C12H17Br2N/c1-4-8(2)9(3)15-12-7-10(13)5-6-11(12)14/h5-9,15H,4H2,1-3H3. The minimum atomic E-state index is 0.487. The van der Waals surface area contributed by atoms with E-state index in [-0.39, 0.29) is 0 Å². The fourth-order valence-corrected chi connectivity index (χ4v) is 2.07. The molecule has 0 spiro atoms.